The van der Waals surface area contributed by atoms with Crippen LogP contribution in [0.1, 0.15) is 29.5 Å². The second-order valence-electron chi connectivity index (χ2n) is 4.98. The highest BCUT2D eigenvalue weighted by Crippen LogP contribution is 2.30. The third-order valence-electron chi connectivity index (χ3n) is 3.66. The maximum absolute atomic E-state index is 6.04. The highest BCUT2D eigenvalue weighted by molar-refractivity contribution is 9.08. The number of ether oxygens (including phenoxy) is 1. The van der Waals surface area contributed by atoms with E-state index >= 15 is 0 Å². The van der Waals surface area contributed by atoms with Gasteiger partial charge in [-0.15, -0.1) is 0 Å². The quantitative estimate of drug-likeness (QED) is 0.702. The second-order valence-corrected chi connectivity index (χ2v) is 5.54. The first kappa shape index (κ1) is 12.7. The molecule has 0 radical (unpaired) electrons. The Balaban J connectivity index is 1.87. The normalized spacial score (nSPS) is 13.9. The molecular weight excluding hydrogens is 300 g/mol. The van der Waals surface area contributed by atoms with Gasteiger partial charge in [0.05, 0.1) is 0 Å². The van der Waals surface area contributed by atoms with E-state index in [1.807, 2.05) is 18.2 Å². The topological polar surface area (TPSA) is 9.23 Å². The van der Waals surface area contributed by atoms with Crippen LogP contribution in [0.5, 0.6) is 11.5 Å². The molecule has 0 aliphatic heterocycles. The number of fused-ring (bicyclic) bond motifs is 1. The Labute approximate surface area is 122 Å². The maximum Gasteiger partial charge on any atom is 0.131 e. The molecule has 0 saturated heterocycles. The number of halogens is 1. The number of aryl methyl sites for hydroxylation is 2. The zero-order valence-corrected chi connectivity index (χ0v) is 12.4. The molecule has 3 rings (SSSR count). The molecule has 0 aromatic heterocycles. The lowest BCUT2D eigenvalue weighted by atomic mass is 9.92. The first-order chi connectivity index (χ1) is 9.36. The molecule has 0 N–H and O–H groups in total. The molecule has 2 heteroatoms. The van der Waals surface area contributed by atoms with Gasteiger partial charge in [-0.3, -0.25) is 0 Å². The number of para-hydroxylation sites is 1. The van der Waals surface area contributed by atoms with Crippen molar-refractivity contribution in [3.05, 3.63) is 59.2 Å². The van der Waals surface area contributed by atoms with E-state index in [9.17, 15) is 0 Å². The van der Waals surface area contributed by atoms with E-state index in [2.05, 4.69) is 40.2 Å². The minimum absolute atomic E-state index is 0.814. The Morgan fingerprint density at radius 1 is 0.947 bits per heavy atom. The molecule has 0 unspecified atom stereocenters. The lowest BCUT2D eigenvalue weighted by molar-refractivity contribution is 0.476. The molecular formula is C17H17BrO. The number of rotatable bonds is 3. The summed E-state index contributed by atoms with van der Waals surface area (Å²) in [5, 5.41) is 0.814. The van der Waals surface area contributed by atoms with Crippen molar-refractivity contribution in [3.8, 4) is 11.5 Å². The van der Waals surface area contributed by atoms with Crippen molar-refractivity contribution in [2.45, 2.75) is 31.0 Å². The maximum atomic E-state index is 6.04. The molecule has 1 aliphatic rings. The van der Waals surface area contributed by atoms with Crippen LogP contribution in [0, 0.1) is 0 Å². The largest absolute Gasteiger partial charge is 0.457 e. The first-order valence-corrected chi connectivity index (χ1v) is 7.92. The van der Waals surface area contributed by atoms with E-state index in [1.165, 1.54) is 42.4 Å². The highest BCUT2D eigenvalue weighted by Gasteiger charge is 2.11. The van der Waals surface area contributed by atoms with Crippen LogP contribution in [0.25, 0.3) is 0 Å². The SMILES string of the molecule is BrCc1ccccc1Oc1ccc2c(c1)CCCC2. The van der Waals surface area contributed by atoms with Gasteiger partial charge in [0.2, 0.25) is 0 Å². The van der Waals surface area contributed by atoms with Gasteiger partial charge in [0.15, 0.2) is 0 Å². The smallest absolute Gasteiger partial charge is 0.131 e. The molecule has 0 fully saturated rings. The molecule has 0 bridgehead atoms. The van der Waals surface area contributed by atoms with E-state index in [1.54, 1.807) is 0 Å². The summed E-state index contributed by atoms with van der Waals surface area (Å²) in [6, 6.07) is 14.7. The van der Waals surface area contributed by atoms with Crippen LogP contribution in [-0.2, 0) is 18.2 Å². The van der Waals surface area contributed by atoms with Crippen LogP contribution >= 0.6 is 15.9 Å². The zero-order valence-electron chi connectivity index (χ0n) is 10.9. The summed E-state index contributed by atoms with van der Waals surface area (Å²) in [6.07, 6.45) is 5.02. The number of hydrogen-bond acceptors (Lipinski definition) is 1. The lowest BCUT2D eigenvalue weighted by Gasteiger charge is -2.17. The Bertz CT molecular complexity index is 577. The van der Waals surface area contributed by atoms with E-state index in [4.69, 9.17) is 4.74 Å². The molecule has 0 heterocycles. The number of alkyl halides is 1. The molecule has 2 aromatic carbocycles. The fraction of sp³-hybridized carbons (Fsp3) is 0.294. The minimum atomic E-state index is 0.814. The van der Waals surface area contributed by atoms with Gasteiger partial charge >= 0.3 is 0 Å². The van der Waals surface area contributed by atoms with Crippen molar-refractivity contribution in [3.63, 3.8) is 0 Å². The molecule has 2 aromatic rings. The number of benzene rings is 2. The minimum Gasteiger partial charge on any atom is -0.457 e. The first-order valence-electron chi connectivity index (χ1n) is 6.80. The van der Waals surface area contributed by atoms with Crippen molar-refractivity contribution >= 4 is 15.9 Å². The van der Waals surface area contributed by atoms with Gasteiger partial charge in [-0.1, -0.05) is 40.2 Å². The van der Waals surface area contributed by atoms with E-state index in [-0.39, 0.29) is 0 Å². The van der Waals surface area contributed by atoms with Crippen LogP contribution in [-0.4, -0.2) is 0 Å². The molecule has 0 spiro atoms. The van der Waals surface area contributed by atoms with Gasteiger partial charge in [0, 0.05) is 10.9 Å². The van der Waals surface area contributed by atoms with Crippen LogP contribution in [0.3, 0.4) is 0 Å². The van der Waals surface area contributed by atoms with Gasteiger partial charge in [-0.05, 0) is 55.0 Å². The fourth-order valence-electron chi connectivity index (χ4n) is 2.61. The highest BCUT2D eigenvalue weighted by atomic mass is 79.9. The van der Waals surface area contributed by atoms with Crippen molar-refractivity contribution < 1.29 is 4.74 Å². The molecule has 1 nitrogen and oxygen atoms in total. The van der Waals surface area contributed by atoms with E-state index in [0.29, 0.717) is 0 Å². The summed E-state index contributed by atoms with van der Waals surface area (Å²) in [5.41, 5.74) is 4.13. The average molecular weight is 317 g/mol. The summed E-state index contributed by atoms with van der Waals surface area (Å²) in [5.74, 6) is 1.89. The summed E-state index contributed by atoms with van der Waals surface area (Å²) < 4.78 is 6.04. The standard InChI is InChI=1S/C17H17BrO/c18-12-15-7-3-4-8-17(15)19-16-10-9-13-5-1-2-6-14(13)11-16/h3-4,7-11H,1-2,5-6,12H2. The van der Waals surface area contributed by atoms with Gasteiger partial charge in [-0.25, -0.2) is 0 Å². The van der Waals surface area contributed by atoms with E-state index < -0.39 is 0 Å². The summed E-state index contributed by atoms with van der Waals surface area (Å²) >= 11 is 3.50. The zero-order chi connectivity index (χ0) is 13.1. The van der Waals surface area contributed by atoms with Crippen molar-refractivity contribution in [2.24, 2.45) is 0 Å². The van der Waals surface area contributed by atoms with Crippen molar-refractivity contribution in [1.29, 1.82) is 0 Å². The summed E-state index contributed by atoms with van der Waals surface area (Å²) in [7, 11) is 0. The number of hydrogen-bond donors (Lipinski definition) is 0. The van der Waals surface area contributed by atoms with E-state index in [0.717, 1.165) is 16.8 Å². The molecule has 19 heavy (non-hydrogen) atoms. The Morgan fingerprint density at radius 2 is 1.74 bits per heavy atom. The van der Waals surface area contributed by atoms with Crippen LogP contribution < -0.4 is 4.74 Å². The third kappa shape index (κ3) is 2.84. The predicted octanol–water partition coefficient (Wildman–Crippen LogP) is 5.25. The monoisotopic (exact) mass is 316 g/mol. The molecule has 0 atom stereocenters. The van der Waals surface area contributed by atoms with Crippen molar-refractivity contribution in [2.75, 3.05) is 0 Å². The molecule has 98 valence electrons. The third-order valence-corrected chi connectivity index (χ3v) is 4.27. The Hall–Kier alpha value is -1.28. The van der Waals surface area contributed by atoms with Gasteiger partial charge < -0.3 is 4.74 Å². The van der Waals surface area contributed by atoms with Crippen LogP contribution in [0.2, 0.25) is 0 Å². The molecule has 0 amide bonds. The van der Waals surface area contributed by atoms with Crippen LogP contribution in [0.15, 0.2) is 42.5 Å². The Kier molecular flexibility index (Phi) is 3.88. The predicted molar refractivity (Wildman–Crippen MR) is 82.2 cm³/mol. The molecule has 0 saturated carbocycles. The second kappa shape index (κ2) is 5.79. The van der Waals surface area contributed by atoms with Gasteiger partial charge in [0.25, 0.3) is 0 Å². The van der Waals surface area contributed by atoms with Gasteiger partial charge in [0.1, 0.15) is 11.5 Å². The average Bonchev–Trinajstić information content (AvgIpc) is 2.48. The van der Waals surface area contributed by atoms with Gasteiger partial charge in [-0.2, -0.15) is 0 Å². The fourth-order valence-corrected chi connectivity index (χ4v) is 3.08. The summed E-state index contributed by atoms with van der Waals surface area (Å²) in [4.78, 5) is 0. The van der Waals surface area contributed by atoms with Crippen LogP contribution in [0.4, 0.5) is 0 Å². The Morgan fingerprint density at radius 3 is 2.58 bits per heavy atom. The molecule has 1 aliphatic carbocycles. The van der Waals surface area contributed by atoms with Crippen molar-refractivity contribution in [1.82, 2.24) is 0 Å². The summed E-state index contributed by atoms with van der Waals surface area (Å²) in [6.45, 7) is 0. The lowest BCUT2D eigenvalue weighted by Crippen LogP contribution is -2.02.